The maximum atomic E-state index is 8.64. The number of hydrogen-bond acceptors (Lipinski definition) is 4. The Labute approximate surface area is 105 Å². The molecule has 0 aliphatic heterocycles. The van der Waals surface area contributed by atoms with E-state index >= 15 is 0 Å². The maximum Gasteiger partial charge on any atom is 0.119 e. The predicted molar refractivity (Wildman–Crippen MR) is 70.7 cm³/mol. The van der Waals surface area contributed by atoms with Gasteiger partial charge in [0.1, 0.15) is 12.4 Å². The summed E-state index contributed by atoms with van der Waals surface area (Å²) in [6, 6.07) is 9.84. The van der Waals surface area contributed by atoms with Crippen molar-refractivity contribution in [3.05, 3.63) is 46.7 Å². The van der Waals surface area contributed by atoms with Crippen LogP contribution in [-0.4, -0.2) is 18.3 Å². The lowest BCUT2D eigenvalue weighted by molar-refractivity contribution is 0.201. The molecule has 0 radical (unpaired) electrons. The Morgan fingerprint density at radius 1 is 1.18 bits per heavy atom. The molecule has 0 atom stereocenters. The lowest BCUT2D eigenvalue weighted by Crippen LogP contribution is -2.02. The zero-order valence-electron chi connectivity index (χ0n) is 9.43. The number of aliphatic hydroxyl groups is 1. The summed E-state index contributed by atoms with van der Waals surface area (Å²) in [6.45, 7) is 1.21. The number of ether oxygens (including phenoxy) is 1. The van der Waals surface area contributed by atoms with Gasteiger partial charge >= 0.3 is 0 Å². The molecule has 1 aromatic carbocycles. The Morgan fingerprint density at radius 3 is 2.65 bits per heavy atom. The molecule has 0 aliphatic rings. The monoisotopic (exact) mass is 249 g/mol. The smallest absolute Gasteiger partial charge is 0.119 e. The van der Waals surface area contributed by atoms with E-state index in [2.05, 4.69) is 22.1 Å². The summed E-state index contributed by atoms with van der Waals surface area (Å²) in [7, 11) is 0. The Hall–Kier alpha value is -1.52. The largest absolute Gasteiger partial charge is 0.491 e. The first-order valence-electron chi connectivity index (χ1n) is 5.47. The van der Waals surface area contributed by atoms with Gasteiger partial charge in [-0.25, -0.2) is 0 Å². The molecule has 90 valence electrons. The summed E-state index contributed by atoms with van der Waals surface area (Å²) in [5, 5.41) is 16.2. The Kier molecular flexibility index (Phi) is 4.41. The summed E-state index contributed by atoms with van der Waals surface area (Å²) in [5.41, 5.74) is 2.35. The maximum absolute atomic E-state index is 8.64. The molecule has 0 unspecified atom stereocenters. The molecule has 0 bridgehead atoms. The van der Waals surface area contributed by atoms with Crippen LogP contribution >= 0.6 is 11.3 Å². The highest BCUT2D eigenvalue weighted by molar-refractivity contribution is 7.07. The molecule has 2 aromatic rings. The molecule has 17 heavy (non-hydrogen) atoms. The van der Waals surface area contributed by atoms with E-state index in [0.717, 1.165) is 18.0 Å². The van der Waals surface area contributed by atoms with E-state index in [1.807, 2.05) is 24.3 Å². The molecule has 0 saturated heterocycles. The van der Waals surface area contributed by atoms with Gasteiger partial charge in [-0.1, -0.05) is 0 Å². The molecule has 2 rings (SSSR count). The van der Waals surface area contributed by atoms with Gasteiger partial charge in [0.2, 0.25) is 0 Å². The van der Waals surface area contributed by atoms with Crippen molar-refractivity contribution in [1.82, 2.24) is 0 Å². The highest BCUT2D eigenvalue weighted by atomic mass is 32.1. The van der Waals surface area contributed by atoms with Gasteiger partial charge in [-0.15, -0.1) is 0 Å². The van der Waals surface area contributed by atoms with Crippen molar-refractivity contribution >= 4 is 17.0 Å². The van der Waals surface area contributed by atoms with Crippen LogP contribution in [-0.2, 0) is 6.54 Å². The van der Waals surface area contributed by atoms with Crippen LogP contribution in [0.4, 0.5) is 5.69 Å². The molecule has 2 N–H and O–H groups in total. The van der Waals surface area contributed by atoms with Crippen molar-refractivity contribution < 1.29 is 9.84 Å². The highest BCUT2D eigenvalue weighted by Gasteiger charge is 1.96. The van der Waals surface area contributed by atoms with E-state index in [1.165, 1.54) is 5.56 Å². The SMILES string of the molecule is OCCOc1ccc(NCc2ccsc2)cc1. The summed E-state index contributed by atoms with van der Waals surface area (Å²) in [6.07, 6.45) is 0. The van der Waals surface area contributed by atoms with Crippen molar-refractivity contribution in [2.24, 2.45) is 0 Å². The summed E-state index contributed by atoms with van der Waals surface area (Å²) in [4.78, 5) is 0. The Morgan fingerprint density at radius 2 is 2.00 bits per heavy atom. The average Bonchev–Trinajstić information content (AvgIpc) is 2.88. The van der Waals surface area contributed by atoms with Crippen LogP contribution in [0.1, 0.15) is 5.56 Å². The van der Waals surface area contributed by atoms with Crippen LogP contribution < -0.4 is 10.1 Å². The van der Waals surface area contributed by atoms with Gasteiger partial charge < -0.3 is 15.2 Å². The lowest BCUT2D eigenvalue weighted by Gasteiger charge is -2.07. The van der Waals surface area contributed by atoms with Crippen LogP contribution in [0.3, 0.4) is 0 Å². The van der Waals surface area contributed by atoms with Crippen molar-refractivity contribution in [1.29, 1.82) is 0 Å². The summed E-state index contributed by atoms with van der Waals surface area (Å²) >= 11 is 1.70. The fraction of sp³-hybridized carbons (Fsp3) is 0.231. The van der Waals surface area contributed by atoms with Gasteiger partial charge in [-0.05, 0) is 46.7 Å². The van der Waals surface area contributed by atoms with Gasteiger partial charge in [-0.3, -0.25) is 0 Å². The molecule has 4 heteroatoms. The quantitative estimate of drug-likeness (QED) is 0.827. The van der Waals surface area contributed by atoms with E-state index < -0.39 is 0 Å². The minimum absolute atomic E-state index is 0.0398. The van der Waals surface area contributed by atoms with Crippen LogP contribution in [0.5, 0.6) is 5.75 Å². The highest BCUT2D eigenvalue weighted by Crippen LogP contribution is 2.16. The molecule has 0 aliphatic carbocycles. The zero-order chi connectivity index (χ0) is 11.9. The number of hydrogen-bond donors (Lipinski definition) is 2. The number of rotatable bonds is 6. The van der Waals surface area contributed by atoms with E-state index in [0.29, 0.717) is 6.61 Å². The van der Waals surface area contributed by atoms with E-state index in [4.69, 9.17) is 9.84 Å². The third kappa shape index (κ3) is 3.76. The number of nitrogens with one attached hydrogen (secondary N) is 1. The Bertz CT molecular complexity index is 425. The third-order valence-electron chi connectivity index (χ3n) is 2.29. The van der Waals surface area contributed by atoms with Gasteiger partial charge in [0.05, 0.1) is 6.61 Å². The molecule has 0 saturated carbocycles. The topological polar surface area (TPSA) is 41.5 Å². The van der Waals surface area contributed by atoms with E-state index in [-0.39, 0.29) is 6.61 Å². The number of thiophene rings is 1. The zero-order valence-corrected chi connectivity index (χ0v) is 10.2. The van der Waals surface area contributed by atoms with Gasteiger partial charge in [0, 0.05) is 12.2 Å². The van der Waals surface area contributed by atoms with Crippen LogP contribution in [0.25, 0.3) is 0 Å². The first kappa shape index (κ1) is 12.0. The van der Waals surface area contributed by atoms with Gasteiger partial charge in [0.25, 0.3) is 0 Å². The molecule has 0 amide bonds. The number of anilines is 1. The average molecular weight is 249 g/mol. The van der Waals surface area contributed by atoms with E-state index in [1.54, 1.807) is 11.3 Å². The first-order chi connectivity index (χ1) is 8.38. The molecular weight excluding hydrogens is 234 g/mol. The fourth-order valence-electron chi connectivity index (χ4n) is 1.43. The standard InChI is InChI=1S/C13H15NO2S/c15-6-7-16-13-3-1-12(2-4-13)14-9-11-5-8-17-10-11/h1-5,8,10,14-15H,6-7,9H2. The normalized spacial score (nSPS) is 10.2. The van der Waals surface area contributed by atoms with Crippen LogP contribution in [0.15, 0.2) is 41.1 Å². The van der Waals surface area contributed by atoms with Crippen molar-refractivity contribution in [3.8, 4) is 5.75 Å². The molecular formula is C13H15NO2S. The fourth-order valence-corrected chi connectivity index (χ4v) is 2.10. The van der Waals surface area contributed by atoms with Crippen LogP contribution in [0.2, 0.25) is 0 Å². The van der Waals surface area contributed by atoms with Crippen molar-refractivity contribution in [2.45, 2.75) is 6.54 Å². The second-order valence-electron chi connectivity index (χ2n) is 3.58. The number of benzene rings is 1. The summed E-state index contributed by atoms with van der Waals surface area (Å²) in [5.74, 6) is 0.778. The first-order valence-corrected chi connectivity index (χ1v) is 6.41. The number of aliphatic hydroxyl groups excluding tert-OH is 1. The Balaban J connectivity index is 1.85. The summed E-state index contributed by atoms with van der Waals surface area (Å²) < 4.78 is 5.28. The molecule has 1 heterocycles. The second-order valence-corrected chi connectivity index (χ2v) is 4.36. The molecule has 0 spiro atoms. The predicted octanol–water partition coefficient (Wildman–Crippen LogP) is 2.73. The molecule has 0 fully saturated rings. The minimum Gasteiger partial charge on any atom is -0.491 e. The van der Waals surface area contributed by atoms with Crippen molar-refractivity contribution in [2.75, 3.05) is 18.5 Å². The molecule has 1 aromatic heterocycles. The van der Waals surface area contributed by atoms with Gasteiger partial charge in [0.15, 0.2) is 0 Å². The second kappa shape index (κ2) is 6.27. The van der Waals surface area contributed by atoms with E-state index in [9.17, 15) is 0 Å². The third-order valence-corrected chi connectivity index (χ3v) is 3.02. The lowest BCUT2D eigenvalue weighted by atomic mass is 10.3. The van der Waals surface area contributed by atoms with Gasteiger partial charge in [-0.2, -0.15) is 11.3 Å². The minimum atomic E-state index is 0.0398. The molecule has 3 nitrogen and oxygen atoms in total. The van der Waals surface area contributed by atoms with Crippen LogP contribution in [0, 0.1) is 0 Å². The van der Waals surface area contributed by atoms with Crippen molar-refractivity contribution in [3.63, 3.8) is 0 Å².